The predicted octanol–water partition coefficient (Wildman–Crippen LogP) is 4.50. The number of rotatable bonds is 3. The van der Waals surface area contributed by atoms with Crippen LogP contribution in [0.1, 0.15) is 28.3 Å². The highest BCUT2D eigenvalue weighted by Crippen LogP contribution is 2.49. The van der Waals surface area contributed by atoms with Gasteiger partial charge in [0, 0.05) is 26.7 Å². The first-order valence-corrected chi connectivity index (χ1v) is 7.32. The second-order valence-electron chi connectivity index (χ2n) is 4.36. The first-order chi connectivity index (χ1) is 8.27. The van der Waals surface area contributed by atoms with E-state index in [1.54, 1.807) is 11.3 Å². The Bertz CT molecular complexity index is 546. The highest BCUT2D eigenvalue weighted by atomic mass is 79.9. The molecule has 1 saturated carbocycles. The van der Waals surface area contributed by atoms with E-state index < -0.39 is 0 Å². The topological polar surface area (TPSA) is 17.1 Å². The summed E-state index contributed by atoms with van der Waals surface area (Å²) in [5.74, 6) is 0.894. The molecule has 1 nitrogen and oxygen atoms in total. The second-order valence-corrected chi connectivity index (χ2v) is 5.95. The molecular formula is C14H11BrOS. The van der Waals surface area contributed by atoms with Crippen molar-refractivity contribution < 1.29 is 4.79 Å². The maximum atomic E-state index is 12.2. The number of Topliss-reactive ketones (excluding diaryl/α,β-unsaturated/α-hetero) is 1. The van der Waals surface area contributed by atoms with Gasteiger partial charge in [-0.2, -0.15) is 11.3 Å². The molecule has 1 heterocycles. The van der Waals surface area contributed by atoms with Crippen LogP contribution in [0.25, 0.3) is 0 Å². The van der Waals surface area contributed by atoms with Gasteiger partial charge in [-0.3, -0.25) is 4.79 Å². The maximum absolute atomic E-state index is 12.2. The quantitative estimate of drug-likeness (QED) is 0.763. The van der Waals surface area contributed by atoms with Crippen LogP contribution in [0.15, 0.2) is 45.6 Å². The lowest BCUT2D eigenvalue weighted by Gasteiger charge is -1.99. The van der Waals surface area contributed by atoms with Gasteiger partial charge in [0.2, 0.25) is 0 Å². The Hall–Kier alpha value is -0.930. The van der Waals surface area contributed by atoms with Crippen molar-refractivity contribution in [2.24, 2.45) is 5.92 Å². The Balaban J connectivity index is 1.78. The van der Waals surface area contributed by atoms with Gasteiger partial charge in [-0.25, -0.2) is 0 Å². The molecule has 17 heavy (non-hydrogen) atoms. The average Bonchev–Trinajstić information content (AvgIpc) is 3.05. The molecule has 2 aromatic rings. The SMILES string of the molecule is O=C(c1cscc1Br)C1CC1c1ccccc1. The molecule has 0 aliphatic heterocycles. The molecule has 0 radical (unpaired) electrons. The zero-order valence-corrected chi connectivity index (χ0v) is 11.5. The van der Waals surface area contributed by atoms with Gasteiger partial charge in [-0.05, 0) is 33.8 Å². The van der Waals surface area contributed by atoms with Gasteiger partial charge in [-0.15, -0.1) is 0 Å². The number of hydrogen-bond acceptors (Lipinski definition) is 2. The van der Waals surface area contributed by atoms with Gasteiger partial charge in [-0.1, -0.05) is 30.3 Å². The third kappa shape index (κ3) is 2.09. The Morgan fingerprint density at radius 3 is 2.65 bits per heavy atom. The number of hydrogen-bond donors (Lipinski definition) is 0. The molecule has 1 aromatic heterocycles. The Morgan fingerprint density at radius 2 is 2.00 bits per heavy atom. The molecule has 0 bridgehead atoms. The van der Waals surface area contributed by atoms with Crippen molar-refractivity contribution in [3.8, 4) is 0 Å². The summed E-state index contributed by atoms with van der Waals surface area (Å²) < 4.78 is 0.936. The lowest BCUT2D eigenvalue weighted by atomic mass is 10.1. The van der Waals surface area contributed by atoms with Crippen molar-refractivity contribution in [2.45, 2.75) is 12.3 Å². The van der Waals surface area contributed by atoms with Crippen molar-refractivity contribution in [2.75, 3.05) is 0 Å². The zero-order chi connectivity index (χ0) is 11.8. The van der Waals surface area contributed by atoms with Gasteiger partial charge in [0.05, 0.1) is 0 Å². The summed E-state index contributed by atoms with van der Waals surface area (Å²) >= 11 is 5.00. The summed E-state index contributed by atoms with van der Waals surface area (Å²) in [6, 6.07) is 10.3. The Labute approximate surface area is 113 Å². The van der Waals surface area contributed by atoms with Crippen LogP contribution in [0.3, 0.4) is 0 Å². The lowest BCUT2D eigenvalue weighted by molar-refractivity contribution is 0.0965. The van der Waals surface area contributed by atoms with Crippen molar-refractivity contribution in [1.29, 1.82) is 0 Å². The highest BCUT2D eigenvalue weighted by molar-refractivity contribution is 9.10. The fraction of sp³-hybridized carbons (Fsp3) is 0.214. The maximum Gasteiger partial charge on any atom is 0.168 e. The van der Waals surface area contributed by atoms with Crippen LogP contribution in [0.2, 0.25) is 0 Å². The van der Waals surface area contributed by atoms with Gasteiger partial charge in [0.15, 0.2) is 5.78 Å². The zero-order valence-electron chi connectivity index (χ0n) is 9.10. The third-order valence-electron chi connectivity index (χ3n) is 3.24. The van der Waals surface area contributed by atoms with Crippen LogP contribution in [0.5, 0.6) is 0 Å². The minimum atomic E-state index is 0.184. The van der Waals surface area contributed by atoms with Crippen LogP contribution in [0.4, 0.5) is 0 Å². The first kappa shape index (κ1) is 11.2. The monoisotopic (exact) mass is 306 g/mol. The first-order valence-electron chi connectivity index (χ1n) is 5.58. The van der Waals surface area contributed by atoms with E-state index in [-0.39, 0.29) is 11.7 Å². The molecular weight excluding hydrogens is 296 g/mol. The summed E-state index contributed by atoms with van der Waals surface area (Å²) in [4.78, 5) is 12.2. The lowest BCUT2D eigenvalue weighted by Crippen LogP contribution is -2.02. The Kier molecular flexibility index (Phi) is 2.89. The molecule has 0 N–H and O–H groups in total. The van der Waals surface area contributed by atoms with Gasteiger partial charge in [0.25, 0.3) is 0 Å². The van der Waals surface area contributed by atoms with Crippen LogP contribution < -0.4 is 0 Å². The number of carbonyl (C=O) groups excluding carboxylic acids is 1. The summed E-state index contributed by atoms with van der Waals surface area (Å²) in [7, 11) is 0. The van der Waals surface area contributed by atoms with E-state index in [1.807, 2.05) is 29.0 Å². The molecule has 86 valence electrons. The van der Waals surface area contributed by atoms with Gasteiger partial charge >= 0.3 is 0 Å². The Morgan fingerprint density at radius 1 is 1.24 bits per heavy atom. The van der Waals surface area contributed by atoms with Crippen molar-refractivity contribution in [3.05, 3.63) is 56.7 Å². The summed E-state index contributed by atoms with van der Waals surface area (Å²) in [6.07, 6.45) is 0.991. The number of carbonyl (C=O) groups is 1. The van der Waals surface area contributed by atoms with Crippen molar-refractivity contribution >= 4 is 33.0 Å². The van der Waals surface area contributed by atoms with Crippen molar-refractivity contribution in [1.82, 2.24) is 0 Å². The molecule has 0 saturated heterocycles. The molecule has 0 amide bonds. The predicted molar refractivity (Wildman–Crippen MR) is 73.6 cm³/mol. The summed E-state index contributed by atoms with van der Waals surface area (Å²) in [5.41, 5.74) is 2.13. The summed E-state index contributed by atoms with van der Waals surface area (Å²) in [5, 5.41) is 3.90. The minimum Gasteiger partial charge on any atom is -0.294 e. The molecule has 1 aliphatic carbocycles. The van der Waals surface area contributed by atoms with Gasteiger partial charge in [0.1, 0.15) is 0 Å². The van der Waals surface area contributed by atoms with Crippen LogP contribution >= 0.6 is 27.3 Å². The molecule has 1 aromatic carbocycles. The fourth-order valence-electron chi connectivity index (χ4n) is 2.21. The van der Waals surface area contributed by atoms with E-state index in [1.165, 1.54) is 5.56 Å². The molecule has 3 heteroatoms. The smallest absolute Gasteiger partial charge is 0.168 e. The number of ketones is 1. The van der Waals surface area contributed by atoms with Crippen LogP contribution in [-0.4, -0.2) is 5.78 Å². The average molecular weight is 307 g/mol. The third-order valence-corrected chi connectivity index (χ3v) is 4.94. The van der Waals surface area contributed by atoms with E-state index in [2.05, 4.69) is 28.1 Å². The molecule has 2 unspecified atom stereocenters. The fourth-order valence-corrected chi connectivity index (χ4v) is 3.69. The van der Waals surface area contributed by atoms with E-state index >= 15 is 0 Å². The van der Waals surface area contributed by atoms with Crippen LogP contribution in [0, 0.1) is 5.92 Å². The molecule has 0 spiro atoms. The molecule has 2 atom stereocenters. The molecule has 3 rings (SSSR count). The normalized spacial score (nSPS) is 22.4. The number of halogens is 1. The summed E-state index contributed by atoms with van der Waals surface area (Å²) in [6.45, 7) is 0. The number of benzene rings is 1. The van der Waals surface area contributed by atoms with E-state index in [9.17, 15) is 4.79 Å². The number of thiophene rings is 1. The highest BCUT2D eigenvalue weighted by Gasteiger charge is 2.44. The largest absolute Gasteiger partial charge is 0.294 e. The minimum absolute atomic E-state index is 0.184. The van der Waals surface area contributed by atoms with E-state index in [4.69, 9.17) is 0 Å². The molecule has 1 fully saturated rings. The van der Waals surface area contributed by atoms with Crippen molar-refractivity contribution in [3.63, 3.8) is 0 Å². The van der Waals surface area contributed by atoms with E-state index in [0.29, 0.717) is 5.92 Å². The van der Waals surface area contributed by atoms with Gasteiger partial charge < -0.3 is 0 Å². The molecule has 1 aliphatic rings. The van der Waals surface area contributed by atoms with E-state index in [0.717, 1.165) is 16.5 Å². The standard InChI is InChI=1S/C14H11BrOS/c15-13-8-17-7-12(13)14(16)11-6-10(11)9-4-2-1-3-5-9/h1-5,7-8,10-11H,6H2. The second kappa shape index (κ2) is 4.39. The van der Waals surface area contributed by atoms with Crippen LogP contribution in [-0.2, 0) is 0 Å².